The first-order valence-electron chi connectivity index (χ1n) is 6.56. The Morgan fingerprint density at radius 1 is 1.36 bits per heavy atom. The Balaban J connectivity index is 2.27. The minimum absolute atomic E-state index is 0.0292. The fraction of sp³-hybridized carbons (Fsp3) is 0.267. The molecule has 0 aliphatic heterocycles. The Hall–Kier alpha value is -1.86. The van der Waals surface area contributed by atoms with E-state index in [1.54, 1.807) is 30.5 Å². The number of nitrogens with zero attached hydrogens (tertiary/aromatic N) is 1. The van der Waals surface area contributed by atoms with Crippen molar-refractivity contribution in [1.29, 1.82) is 0 Å². The fourth-order valence-electron chi connectivity index (χ4n) is 1.99. The quantitative estimate of drug-likeness (QED) is 0.673. The molecule has 0 fully saturated rings. The first-order chi connectivity index (χ1) is 10.4. The topological polar surface area (TPSA) is 68.2 Å². The van der Waals surface area contributed by atoms with Crippen LogP contribution in [-0.2, 0) is 11.3 Å². The number of hydrogen-bond acceptors (Lipinski definition) is 5. The summed E-state index contributed by atoms with van der Waals surface area (Å²) in [6.07, 6.45) is 1.88. The van der Waals surface area contributed by atoms with Crippen molar-refractivity contribution < 1.29 is 9.59 Å². The molecule has 2 rings (SSSR count). The van der Waals surface area contributed by atoms with Gasteiger partial charge in [-0.25, -0.2) is 0 Å². The molecule has 1 aromatic carbocycles. The van der Waals surface area contributed by atoms with Gasteiger partial charge in [-0.05, 0) is 31.4 Å². The molecule has 0 spiro atoms. The van der Waals surface area contributed by atoms with Crippen LogP contribution < -0.4 is 10.2 Å². The van der Waals surface area contributed by atoms with Crippen LogP contribution in [0.1, 0.15) is 23.0 Å². The van der Waals surface area contributed by atoms with E-state index in [1.165, 1.54) is 23.3 Å². The first-order valence-corrected chi connectivity index (χ1v) is 8.66. The number of carbonyl (C=O) groups excluding carboxylic acids is 2. The molecular weight excluding hydrogens is 320 g/mol. The van der Waals surface area contributed by atoms with E-state index in [1.807, 2.05) is 6.26 Å². The summed E-state index contributed by atoms with van der Waals surface area (Å²) in [5.74, 6) is -0.289. The molecule has 0 atom stereocenters. The van der Waals surface area contributed by atoms with Gasteiger partial charge in [0.25, 0.3) is 0 Å². The number of thiazole rings is 1. The summed E-state index contributed by atoms with van der Waals surface area (Å²) in [5.41, 5.74) is 1.99. The van der Waals surface area contributed by atoms with Crippen LogP contribution in [0.4, 0.5) is 5.69 Å². The molecule has 1 amide bonds. The van der Waals surface area contributed by atoms with E-state index in [2.05, 4.69) is 5.32 Å². The summed E-state index contributed by atoms with van der Waals surface area (Å²) >= 11 is 2.54. The molecule has 7 heteroatoms. The van der Waals surface area contributed by atoms with Gasteiger partial charge in [-0.3, -0.25) is 19.0 Å². The molecule has 0 unspecified atom stereocenters. The highest BCUT2D eigenvalue weighted by atomic mass is 32.2. The second-order valence-electron chi connectivity index (χ2n) is 4.75. The van der Waals surface area contributed by atoms with Crippen molar-refractivity contribution in [3.05, 3.63) is 44.5 Å². The van der Waals surface area contributed by atoms with Crippen molar-refractivity contribution in [2.45, 2.75) is 25.3 Å². The van der Waals surface area contributed by atoms with Crippen molar-refractivity contribution in [3.8, 4) is 0 Å². The van der Waals surface area contributed by atoms with Gasteiger partial charge in [-0.15, -0.1) is 11.8 Å². The Bertz CT molecular complexity index is 777. The van der Waals surface area contributed by atoms with Crippen LogP contribution in [-0.4, -0.2) is 22.5 Å². The average molecular weight is 336 g/mol. The van der Waals surface area contributed by atoms with Crippen LogP contribution in [0.2, 0.25) is 0 Å². The lowest BCUT2D eigenvalue weighted by molar-refractivity contribution is -0.114. The third kappa shape index (κ3) is 3.66. The Morgan fingerprint density at radius 2 is 2.09 bits per heavy atom. The second-order valence-corrected chi connectivity index (χ2v) is 6.42. The first kappa shape index (κ1) is 16.5. The molecule has 2 aromatic rings. The van der Waals surface area contributed by atoms with Gasteiger partial charge in [0.05, 0.1) is 12.2 Å². The van der Waals surface area contributed by atoms with E-state index < -0.39 is 0 Å². The standard InChI is InChI=1S/C15H16N2O3S2/c1-9-8-22-15(20)17(9)7-13(19)11-4-5-12(16-10(2)18)14(6-11)21-3/h4-6,8H,7H2,1-3H3,(H,16,18). The maximum Gasteiger partial charge on any atom is 0.307 e. The van der Waals surface area contributed by atoms with Gasteiger partial charge < -0.3 is 5.32 Å². The molecule has 1 aromatic heterocycles. The lowest BCUT2D eigenvalue weighted by atomic mass is 10.1. The van der Waals surface area contributed by atoms with Gasteiger partial charge in [0.15, 0.2) is 5.78 Å². The predicted molar refractivity (Wildman–Crippen MR) is 90.2 cm³/mol. The number of benzene rings is 1. The van der Waals surface area contributed by atoms with E-state index >= 15 is 0 Å². The highest BCUT2D eigenvalue weighted by molar-refractivity contribution is 7.98. The molecular formula is C15H16N2O3S2. The fourth-order valence-corrected chi connectivity index (χ4v) is 3.31. The number of amides is 1. The monoisotopic (exact) mass is 336 g/mol. The van der Waals surface area contributed by atoms with Gasteiger partial charge in [0.1, 0.15) is 0 Å². The maximum absolute atomic E-state index is 12.4. The van der Waals surface area contributed by atoms with Crippen molar-refractivity contribution in [2.24, 2.45) is 0 Å². The molecule has 5 nitrogen and oxygen atoms in total. The van der Waals surface area contributed by atoms with Gasteiger partial charge in [-0.1, -0.05) is 11.3 Å². The van der Waals surface area contributed by atoms with Crippen molar-refractivity contribution in [1.82, 2.24) is 4.57 Å². The molecule has 0 bridgehead atoms. The second kappa shape index (κ2) is 6.93. The van der Waals surface area contributed by atoms with Crippen LogP contribution in [0, 0.1) is 6.92 Å². The number of ketones is 1. The maximum atomic E-state index is 12.4. The Morgan fingerprint density at radius 3 is 2.64 bits per heavy atom. The lowest BCUT2D eigenvalue weighted by Crippen LogP contribution is -2.20. The molecule has 0 saturated carbocycles. The number of rotatable bonds is 5. The van der Waals surface area contributed by atoms with Crippen LogP contribution in [0.15, 0.2) is 33.3 Å². The third-order valence-electron chi connectivity index (χ3n) is 3.11. The molecule has 22 heavy (non-hydrogen) atoms. The molecule has 116 valence electrons. The third-order valence-corrected chi connectivity index (χ3v) is 4.77. The minimum atomic E-state index is -0.158. The number of aromatic nitrogens is 1. The Labute approximate surface area is 136 Å². The number of carbonyl (C=O) groups is 2. The average Bonchev–Trinajstić information content (AvgIpc) is 2.78. The minimum Gasteiger partial charge on any atom is -0.325 e. The van der Waals surface area contributed by atoms with Crippen molar-refractivity contribution in [2.75, 3.05) is 11.6 Å². The summed E-state index contributed by atoms with van der Waals surface area (Å²) in [6, 6.07) is 5.12. The summed E-state index contributed by atoms with van der Waals surface area (Å²) in [5, 5.41) is 4.47. The zero-order valence-corrected chi connectivity index (χ0v) is 14.1. The van der Waals surface area contributed by atoms with Gasteiger partial charge in [-0.2, -0.15) is 0 Å². The number of thioether (sulfide) groups is 1. The van der Waals surface area contributed by atoms with Crippen molar-refractivity contribution >= 4 is 40.5 Å². The molecule has 0 aliphatic carbocycles. The number of anilines is 1. The van der Waals surface area contributed by atoms with Crippen LogP contribution >= 0.6 is 23.1 Å². The van der Waals surface area contributed by atoms with Gasteiger partial charge in [0, 0.05) is 28.5 Å². The van der Waals surface area contributed by atoms with E-state index in [-0.39, 0.29) is 23.1 Å². The highest BCUT2D eigenvalue weighted by Gasteiger charge is 2.13. The largest absolute Gasteiger partial charge is 0.325 e. The SMILES string of the molecule is CSc1cc(C(=O)Cn2c(C)csc2=O)ccc1NC(C)=O. The lowest BCUT2D eigenvalue weighted by Gasteiger charge is -2.10. The number of hydrogen-bond donors (Lipinski definition) is 1. The molecule has 0 saturated heterocycles. The highest BCUT2D eigenvalue weighted by Crippen LogP contribution is 2.27. The normalized spacial score (nSPS) is 10.5. The summed E-state index contributed by atoms with van der Waals surface area (Å²) < 4.78 is 1.47. The zero-order valence-electron chi connectivity index (χ0n) is 12.5. The molecule has 0 aliphatic rings. The van der Waals surface area contributed by atoms with Gasteiger partial charge >= 0.3 is 4.87 Å². The van der Waals surface area contributed by atoms with E-state index in [4.69, 9.17) is 0 Å². The van der Waals surface area contributed by atoms with E-state index in [0.29, 0.717) is 11.3 Å². The Kier molecular flexibility index (Phi) is 5.20. The van der Waals surface area contributed by atoms with Crippen LogP contribution in [0.25, 0.3) is 0 Å². The summed E-state index contributed by atoms with van der Waals surface area (Å²) in [7, 11) is 0. The van der Waals surface area contributed by atoms with Gasteiger partial charge in [0.2, 0.25) is 5.91 Å². The number of Topliss-reactive ketones (excluding diaryl/α,β-unsaturated/α-hetero) is 1. The summed E-state index contributed by atoms with van der Waals surface area (Å²) in [6.45, 7) is 3.27. The molecule has 0 radical (unpaired) electrons. The van der Waals surface area contributed by atoms with Crippen LogP contribution in [0.5, 0.6) is 0 Å². The predicted octanol–water partition coefficient (Wildman–Crippen LogP) is 2.78. The number of nitrogens with one attached hydrogen (secondary N) is 1. The van der Waals surface area contributed by atoms with Crippen molar-refractivity contribution in [3.63, 3.8) is 0 Å². The number of aryl methyl sites for hydroxylation is 1. The molecule has 1 heterocycles. The zero-order chi connectivity index (χ0) is 16.3. The summed E-state index contributed by atoms with van der Waals surface area (Å²) in [4.78, 5) is 35.9. The van der Waals surface area contributed by atoms with E-state index in [0.717, 1.165) is 21.9 Å². The van der Waals surface area contributed by atoms with E-state index in [9.17, 15) is 14.4 Å². The smallest absolute Gasteiger partial charge is 0.307 e. The van der Waals surface area contributed by atoms with Crippen LogP contribution in [0.3, 0.4) is 0 Å². The molecule has 1 N–H and O–H groups in total.